The molecular weight excluding hydrogens is 216 g/mol. The molecule has 0 aliphatic carbocycles. The number of nitrogens with zero attached hydrogens (tertiary/aromatic N) is 3. The van der Waals surface area contributed by atoms with E-state index in [-0.39, 0.29) is 12.6 Å². The summed E-state index contributed by atoms with van der Waals surface area (Å²) >= 11 is 0. The fourth-order valence-electron chi connectivity index (χ4n) is 1.35. The van der Waals surface area contributed by atoms with Crippen molar-refractivity contribution in [3.8, 4) is 0 Å². The molecule has 0 saturated carbocycles. The van der Waals surface area contributed by atoms with Gasteiger partial charge in [-0.3, -0.25) is 0 Å². The zero-order valence-corrected chi connectivity index (χ0v) is 10.8. The van der Waals surface area contributed by atoms with Crippen LogP contribution in [0.15, 0.2) is 12.4 Å². The molecule has 0 bridgehead atoms. The Bertz CT molecular complexity index is 315. The van der Waals surface area contributed by atoms with Gasteiger partial charge in [-0.15, -0.1) is 0 Å². The van der Waals surface area contributed by atoms with Gasteiger partial charge in [0.15, 0.2) is 0 Å². The summed E-state index contributed by atoms with van der Waals surface area (Å²) in [5, 5.41) is 12.4. The molecular formula is C12H22N4O. The smallest absolute Gasteiger partial charge is 0.225 e. The van der Waals surface area contributed by atoms with Crippen LogP contribution >= 0.6 is 0 Å². The van der Waals surface area contributed by atoms with E-state index in [0.717, 1.165) is 25.1 Å². The van der Waals surface area contributed by atoms with E-state index < -0.39 is 0 Å². The second-order valence-corrected chi connectivity index (χ2v) is 4.21. The van der Waals surface area contributed by atoms with Gasteiger partial charge in [0.05, 0.1) is 12.6 Å². The number of hydrogen-bond donors (Lipinski definition) is 2. The van der Waals surface area contributed by atoms with Crippen LogP contribution in [0.4, 0.5) is 5.95 Å². The number of aliphatic hydroxyl groups excluding tert-OH is 1. The van der Waals surface area contributed by atoms with Crippen molar-refractivity contribution in [2.75, 3.05) is 25.1 Å². The fourth-order valence-corrected chi connectivity index (χ4v) is 1.35. The molecule has 1 aromatic rings. The van der Waals surface area contributed by atoms with Gasteiger partial charge in [-0.2, -0.15) is 0 Å². The second-order valence-electron chi connectivity index (χ2n) is 4.21. The highest BCUT2D eigenvalue weighted by atomic mass is 16.3. The lowest BCUT2D eigenvalue weighted by atomic mass is 10.3. The van der Waals surface area contributed by atoms with Crippen LogP contribution in [0.1, 0.15) is 25.8 Å². The monoisotopic (exact) mass is 238 g/mol. The van der Waals surface area contributed by atoms with Gasteiger partial charge in [-0.25, -0.2) is 9.97 Å². The lowest BCUT2D eigenvalue weighted by Crippen LogP contribution is -2.33. The molecule has 1 unspecified atom stereocenters. The number of anilines is 1. The lowest BCUT2D eigenvalue weighted by molar-refractivity contribution is 0.269. The van der Waals surface area contributed by atoms with E-state index in [1.54, 1.807) is 0 Å². The SMILES string of the molecule is CCCNCc1cnc(N(C)C(C)CO)nc1. The van der Waals surface area contributed by atoms with Crippen molar-refractivity contribution in [1.29, 1.82) is 0 Å². The molecule has 96 valence electrons. The van der Waals surface area contributed by atoms with E-state index in [4.69, 9.17) is 5.11 Å². The zero-order valence-electron chi connectivity index (χ0n) is 10.8. The molecule has 2 N–H and O–H groups in total. The number of hydrogen-bond acceptors (Lipinski definition) is 5. The van der Waals surface area contributed by atoms with Crippen LogP contribution < -0.4 is 10.2 Å². The predicted molar refractivity (Wildman–Crippen MR) is 69.0 cm³/mol. The van der Waals surface area contributed by atoms with Gasteiger partial charge >= 0.3 is 0 Å². The maximum Gasteiger partial charge on any atom is 0.225 e. The van der Waals surface area contributed by atoms with Crippen molar-refractivity contribution in [3.05, 3.63) is 18.0 Å². The standard InChI is InChI=1S/C12H22N4O/c1-4-5-13-6-11-7-14-12(15-8-11)16(3)10(2)9-17/h7-8,10,13,17H,4-6,9H2,1-3H3. The van der Waals surface area contributed by atoms with Gasteiger partial charge in [0, 0.05) is 31.5 Å². The minimum absolute atomic E-state index is 0.0269. The highest BCUT2D eigenvalue weighted by Crippen LogP contribution is 2.08. The van der Waals surface area contributed by atoms with Crippen molar-refractivity contribution in [1.82, 2.24) is 15.3 Å². The third-order valence-electron chi connectivity index (χ3n) is 2.69. The minimum Gasteiger partial charge on any atom is -0.394 e. The summed E-state index contributed by atoms with van der Waals surface area (Å²) in [6.07, 6.45) is 4.77. The molecule has 0 radical (unpaired) electrons. The Hall–Kier alpha value is -1.20. The minimum atomic E-state index is 0.0269. The van der Waals surface area contributed by atoms with Gasteiger partial charge in [0.1, 0.15) is 0 Å². The van der Waals surface area contributed by atoms with Crippen molar-refractivity contribution in [3.63, 3.8) is 0 Å². The number of likely N-dealkylation sites (N-methyl/N-ethyl adjacent to an activating group) is 1. The molecule has 1 heterocycles. The fraction of sp³-hybridized carbons (Fsp3) is 0.667. The normalized spacial score (nSPS) is 12.5. The molecule has 0 amide bonds. The second kappa shape index (κ2) is 7.19. The maximum absolute atomic E-state index is 9.06. The first-order valence-corrected chi connectivity index (χ1v) is 6.04. The highest BCUT2D eigenvalue weighted by Gasteiger charge is 2.10. The first kappa shape index (κ1) is 13.9. The first-order valence-electron chi connectivity index (χ1n) is 6.04. The summed E-state index contributed by atoms with van der Waals surface area (Å²) in [5.41, 5.74) is 1.08. The summed E-state index contributed by atoms with van der Waals surface area (Å²) in [7, 11) is 1.88. The molecule has 0 saturated heterocycles. The largest absolute Gasteiger partial charge is 0.394 e. The third kappa shape index (κ3) is 4.28. The van der Waals surface area contributed by atoms with Crippen LogP contribution in [0.2, 0.25) is 0 Å². The van der Waals surface area contributed by atoms with Gasteiger partial charge in [0.2, 0.25) is 5.95 Å². The molecule has 5 nitrogen and oxygen atoms in total. The van der Waals surface area contributed by atoms with Crippen molar-refractivity contribution < 1.29 is 5.11 Å². The number of aliphatic hydroxyl groups is 1. The van der Waals surface area contributed by atoms with E-state index in [1.807, 2.05) is 31.3 Å². The number of rotatable bonds is 7. The molecule has 0 spiro atoms. The molecule has 0 aliphatic heterocycles. The Balaban J connectivity index is 2.55. The first-order chi connectivity index (χ1) is 8.19. The molecule has 0 fully saturated rings. The lowest BCUT2D eigenvalue weighted by Gasteiger charge is -2.22. The zero-order chi connectivity index (χ0) is 12.7. The Morgan fingerprint density at radius 1 is 1.41 bits per heavy atom. The predicted octanol–water partition coefficient (Wildman–Crippen LogP) is 0.793. The summed E-state index contributed by atoms with van der Waals surface area (Å²) in [4.78, 5) is 10.4. The molecule has 1 atom stereocenters. The molecule has 1 aromatic heterocycles. The van der Waals surface area contributed by atoms with E-state index in [9.17, 15) is 0 Å². The summed E-state index contributed by atoms with van der Waals surface area (Å²) in [6, 6.07) is 0.0269. The maximum atomic E-state index is 9.06. The third-order valence-corrected chi connectivity index (χ3v) is 2.69. The average molecular weight is 238 g/mol. The van der Waals surface area contributed by atoms with Crippen LogP contribution in [0.25, 0.3) is 0 Å². The van der Waals surface area contributed by atoms with Crippen molar-refractivity contribution >= 4 is 5.95 Å². The number of aromatic nitrogens is 2. The molecule has 0 aromatic carbocycles. The van der Waals surface area contributed by atoms with Gasteiger partial charge in [-0.1, -0.05) is 6.92 Å². The molecule has 17 heavy (non-hydrogen) atoms. The Labute approximate surface area is 103 Å². The van der Waals surface area contributed by atoms with Crippen LogP contribution in [-0.2, 0) is 6.54 Å². The summed E-state index contributed by atoms with van der Waals surface area (Å²) in [5.74, 6) is 0.644. The summed E-state index contributed by atoms with van der Waals surface area (Å²) < 4.78 is 0. The summed E-state index contributed by atoms with van der Waals surface area (Å²) in [6.45, 7) is 5.97. The van der Waals surface area contributed by atoms with Crippen LogP contribution in [0.3, 0.4) is 0 Å². The highest BCUT2D eigenvalue weighted by molar-refractivity contribution is 5.29. The van der Waals surface area contributed by atoms with Gasteiger partial charge in [0.25, 0.3) is 0 Å². The van der Waals surface area contributed by atoms with E-state index in [0.29, 0.717) is 5.95 Å². The van der Waals surface area contributed by atoms with Crippen molar-refractivity contribution in [2.45, 2.75) is 32.9 Å². The van der Waals surface area contributed by atoms with Crippen LogP contribution in [0.5, 0.6) is 0 Å². The van der Waals surface area contributed by atoms with Crippen LogP contribution in [-0.4, -0.2) is 41.3 Å². The Kier molecular flexibility index (Phi) is 5.86. The van der Waals surface area contributed by atoms with E-state index in [2.05, 4.69) is 22.2 Å². The average Bonchev–Trinajstić information content (AvgIpc) is 2.38. The van der Waals surface area contributed by atoms with Crippen LogP contribution in [0, 0.1) is 0 Å². The molecule has 1 rings (SSSR count). The topological polar surface area (TPSA) is 61.3 Å². The molecule has 0 aliphatic rings. The van der Waals surface area contributed by atoms with Gasteiger partial charge < -0.3 is 15.3 Å². The van der Waals surface area contributed by atoms with E-state index >= 15 is 0 Å². The van der Waals surface area contributed by atoms with Crippen molar-refractivity contribution in [2.24, 2.45) is 0 Å². The van der Waals surface area contributed by atoms with Gasteiger partial charge in [-0.05, 0) is 19.9 Å². The number of nitrogens with one attached hydrogen (secondary N) is 1. The quantitative estimate of drug-likeness (QED) is 0.688. The Morgan fingerprint density at radius 2 is 2.06 bits per heavy atom. The Morgan fingerprint density at radius 3 is 2.59 bits per heavy atom. The molecule has 5 heteroatoms. The van der Waals surface area contributed by atoms with E-state index in [1.165, 1.54) is 0 Å².